The highest BCUT2D eigenvalue weighted by Gasteiger charge is 2.12. The Kier molecular flexibility index (Phi) is 4.93. The highest BCUT2D eigenvalue weighted by Crippen LogP contribution is 2.24. The van der Waals surface area contributed by atoms with Gasteiger partial charge in [0.1, 0.15) is 5.75 Å². The van der Waals surface area contributed by atoms with Gasteiger partial charge in [-0.05, 0) is 26.0 Å². The molecule has 1 heterocycles. The van der Waals surface area contributed by atoms with E-state index in [2.05, 4.69) is 10.3 Å². The molecule has 21 heavy (non-hydrogen) atoms. The van der Waals surface area contributed by atoms with Crippen LogP contribution in [0.5, 0.6) is 5.75 Å². The highest BCUT2D eigenvalue weighted by atomic mass is 16.5. The third-order valence-electron chi connectivity index (χ3n) is 3.38. The van der Waals surface area contributed by atoms with Gasteiger partial charge in [-0.3, -0.25) is 9.78 Å². The fourth-order valence-corrected chi connectivity index (χ4v) is 2.26. The molecule has 0 fully saturated rings. The molecule has 2 rings (SSSR count). The minimum absolute atomic E-state index is 0.0976. The van der Waals surface area contributed by atoms with Gasteiger partial charge < -0.3 is 10.1 Å². The van der Waals surface area contributed by atoms with Crippen molar-refractivity contribution in [2.24, 2.45) is 0 Å². The molecule has 4 nitrogen and oxygen atoms in total. The predicted octanol–water partition coefficient (Wildman–Crippen LogP) is 2.93. The molecule has 4 heteroatoms. The van der Waals surface area contributed by atoms with Crippen LogP contribution in [-0.4, -0.2) is 24.4 Å². The number of carbonyl (C=O) groups is 1. The average Bonchev–Trinajstić information content (AvgIpc) is 2.50. The number of ether oxygens (including phenoxy) is 1. The van der Waals surface area contributed by atoms with Crippen molar-refractivity contribution in [3.8, 4) is 5.75 Å². The number of para-hydroxylation sites is 1. The van der Waals surface area contributed by atoms with E-state index in [9.17, 15) is 4.79 Å². The molecule has 0 aliphatic rings. The second-order valence-electron chi connectivity index (χ2n) is 4.98. The maximum Gasteiger partial charge on any atom is 0.157 e. The first-order valence-electron chi connectivity index (χ1n) is 6.91. The Morgan fingerprint density at radius 2 is 1.95 bits per heavy atom. The van der Waals surface area contributed by atoms with Gasteiger partial charge in [-0.15, -0.1) is 0 Å². The number of nitrogens with zero attached hydrogens (tertiary/aromatic N) is 1. The Labute approximate surface area is 125 Å². The van der Waals surface area contributed by atoms with Crippen LogP contribution in [0.1, 0.15) is 16.8 Å². The first-order valence-corrected chi connectivity index (χ1v) is 6.91. The van der Waals surface area contributed by atoms with E-state index in [1.807, 2.05) is 44.2 Å². The van der Waals surface area contributed by atoms with E-state index in [1.165, 1.54) is 0 Å². The highest BCUT2D eigenvalue weighted by molar-refractivity contribution is 5.85. The maximum absolute atomic E-state index is 12.1. The normalized spacial score (nSPS) is 10.2. The average molecular weight is 284 g/mol. The number of pyridine rings is 1. The first-order chi connectivity index (χ1) is 10.1. The van der Waals surface area contributed by atoms with E-state index in [-0.39, 0.29) is 5.78 Å². The fourth-order valence-electron chi connectivity index (χ4n) is 2.26. The third-order valence-corrected chi connectivity index (χ3v) is 3.38. The van der Waals surface area contributed by atoms with Gasteiger partial charge in [0.05, 0.1) is 25.8 Å². The molecule has 0 atom stereocenters. The monoisotopic (exact) mass is 284 g/mol. The minimum Gasteiger partial charge on any atom is -0.496 e. The van der Waals surface area contributed by atoms with Crippen LogP contribution in [-0.2, 0) is 11.2 Å². The molecule has 110 valence electrons. The lowest BCUT2D eigenvalue weighted by molar-refractivity contribution is -0.116. The first kappa shape index (κ1) is 15.0. The zero-order chi connectivity index (χ0) is 15.2. The van der Waals surface area contributed by atoms with E-state index in [0.717, 1.165) is 28.3 Å². The van der Waals surface area contributed by atoms with Crippen LogP contribution in [0.15, 0.2) is 36.5 Å². The fraction of sp³-hybridized carbons (Fsp3) is 0.294. The number of aryl methyl sites for hydroxylation is 1. The summed E-state index contributed by atoms with van der Waals surface area (Å²) in [6.07, 6.45) is 2.06. The summed E-state index contributed by atoms with van der Waals surface area (Å²) in [6.45, 7) is 4.18. The lowest BCUT2D eigenvalue weighted by atomic mass is 10.1. The number of hydrogen-bond donors (Lipinski definition) is 1. The molecule has 0 saturated carbocycles. The summed E-state index contributed by atoms with van der Waals surface area (Å²) < 4.78 is 5.36. The summed E-state index contributed by atoms with van der Waals surface area (Å²) in [4.78, 5) is 16.4. The van der Waals surface area contributed by atoms with Gasteiger partial charge >= 0.3 is 0 Å². The van der Waals surface area contributed by atoms with Crippen LogP contribution in [0.25, 0.3) is 0 Å². The SMILES string of the molecule is COc1c(C)cnc(CC(=O)CNc2ccccc2)c1C. The number of methoxy groups -OCH3 is 1. The van der Waals surface area contributed by atoms with Crippen molar-refractivity contribution >= 4 is 11.5 Å². The second-order valence-corrected chi connectivity index (χ2v) is 4.98. The zero-order valence-electron chi connectivity index (χ0n) is 12.6. The number of hydrogen-bond acceptors (Lipinski definition) is 4. The van der Waals surface area contributed by atoms with Crippen molar-refractivity contribution in [3.05, 3.63) is 53.3 Å². The lowest BCUT2D eigenvalue weighted by Crippen LogP contribution is -2.17. The van der Waals surface area contributed by atoms with Crippen molar-refractivity contribution in [3.63, 3.8) is 0 Å². The smallest absolute Gasteiger partial charge is 0.157 e. The number of rotatable bonds is 6. The molecule has 0 radical (unpaired) electrons. The van der Waals surface area contributed by atoms with Gasteiger partial charge in [0.25, 0.3) is 0 Å². The Balaban J connectivity index is 2.00. The number of benzene rings is 1. The van der Waals surface area contributed by atoms with Gasteiger partial charge in [-0.25, -0.2) is 0 Å². The van der Waals surface area contributed by atoms with Crippen LogP contribution < -0.4 is 10.1 Å². The predicted molar refractivity (Wildman–Crippen MR) is 83.9 cm³/mol. The molecule has 2 aromatic rings. The number of carbonyl (C=O) groups excluding carboxylic acids is 1. The summed E-state index contributed by atoms with van der Waals surface area (Å²) in [6, 6.07) is 9.68. The Bertz CT molecular complexity index is 624. The van der Waals surface area contributed by atoms with Crippen LogP contribution >= 0.6 is 0 Å². The summed E-state index contributed by atoms with van der Waals surface area (Å²) in [7, 11) is 1.64. The lowest BCUT2D eigenvalue weighted by Gasteiger charge is -2.12. The van der Waals surface area contributed by atoms with Gasteiger partial charge in [-0.2, -0.15) is 0 Å². The molecule has 0 aliphatic heterocycles. The molecule has 0 saturated heterocycles. The van der Waals surface area contributed by atoms with Gasteiger partial charge in [0.2, 0.25) is 0 Å². The number of Topliss-reactive ketones (excluding diaryl/α,β-unsaturated/α-hetero) is 1. The molecule has 0 amide bonds. The molecular weight excluding hydrogens is 264 g/mol. The maximum atomic E-state index is 12.1. The van der Waals surface area contributed by atoms with Crippen LogP contribution in [0.4, 0.5) is 5.69 Å². The number of nitrogens with one attached hydrogen (secondary N) is 1. The third kappa shape index (κ3) is 3.81. The van der Waals surface area contributed by atoms with Crippen molar-refractivity contribution in [1.82, 2.24) is 4.98 Å². The van der Waals surface area contributed by atoms with E-state index < -0.39 is 0 Å². The largest absolute Gasteiger partial charge is 0.496 e. The molecular formula is C17H20N2O2. The second kappa shape index (κ2) is 6.88. The Morgan fingerprint density at radius 3 is 2.62 bits per heavy atom. The molecule has 1 N–H and O–H groups in total. The van der Waals surface area contributed by atoms with E-state index in [0.29, 0.717) is 13.0 Å². The Hall–Kier alpha value is -2.36. The molecule has 0 bridgehead atoms. The summed E-state index contributed by atoms with van der Waals surface area (Å²) in [5, 5.41) is 3.12. The van der Waals surface area contributed by atoms with Crippen LogP contribution in [0.3, 0.4) is 0 Å². The van der Waals surface area contributed by atoms with E-state index in [1.54, 1.807) is 13.3 Å². The van der Waals surface area contributed by atoms with Crippen LogP contribution in [0, 0.1) is 13.8 Å². The quantitative estimate of drug-likeness (QED) is 0.886. The van der Waals surface area contributed by atoms with Crippen molar-refractivity contribution in [2.75, 3.05) is 19.0 Å². The molecule has 1 aromatic carbocycles. The van der Waals surface area contributed by atoms with Gasteiger partial charge in [-0.1, -0.05) is 18.2 Å². The summed E-state index contributed by atoms with van der Waals surface area (Å²) in [5.41, 5.74) is 3.63. The van der Waals surface area contributed by atoms with Crippen LogP contribution in [0.2, 0.25) is 0 Å². The summed E-state index contributed by atoms with van der Waals surface area (Å²) >= 11 is 0. The number of ketones is 1. The van der Waals surface area contributed by atoms with Gasteiger partial charge in [0.15, 0.2) is 5.78 Å². The minimum atomic E-state index is 0.0976. The van der Waals surface area contributed by atoms with Crippen molar-refractivity contribution in [2.45, 2.75) is 20.3 Å². The topological polar surface area (TPSA) is 51.2 Å². The molecule has 0 aliphatic carbocycles. The van der Waals surface area contributed by atoms with Gasteiger partial charge in [0, 0.05) is 23.0 Å². The zero-order valence-corrected chi connectivity index (χ0v) is 12.6. The standard InChI is InChI=1S/C17H20N2O2/c1-12-10-19-16(13(2)17(12)21-3)9-15(20)11-18-14-7-5-4-6-8-14/h4-8,10,18H,9,11H2,1-3H3. The molecule has 1 aromatic heterocycles. The molecule has 0 spiro atoms. The van der Waals surface area contributed by atoms with Crippen molar-refractivity contribution in [1.29, 1.82) is 0 Å². The summed E-state index contributed by atoms with van der Waals surface area (Å²) in [5.74, 6) is 0.907. The Morgan fingerprint density at radius 1 is 1.24 bits per heavy atom. The number of anilines is 1. The van der Waals surface area contributed by atoms with Crippen molar-refractivity contribution < 1.29 is 9.53 Å². The number of aromatic nitrogens is 1. The van der Waals surface area contributed by atoms with E-state index >= 15 is 0 Å². The van der Waals surface area contributed by atoms with E-state index in [4.69, 9.17) is 4.74 Å². The molecule has 0 unspecified atom stereocenters.